The summed E-state index contributed by atoms with van der Waals surface area (Å²) in [6.45, 7) is 7.14. The van der Waals surface area contributed by atoms with E-state index >= 15 is 0 Å². The van der Waals surface area contributed by atoms with Gasteiger partial charge in [-0.25, -0.2) is 0 Å². The molecule has 2 rings (SSSR count). The first-order valence-electron chi connectivity index (χ1n) is 8.33. The van der Waals surface area contributed by atoms with Crippen LogP contribution in [-0.4, -0.2) is 44.9 Å². The summed E-state index contributed by atoms with van der Waals surface area (Å²) in [5, 5.41) is 17.9. The third-order valence-electron chi connectivity index (χ3n) is 4.23. The zero-order chi connectivity index (χ0) is 18.6. The molecule has 1 atom stereocenters. The molecule has 7 nitrogen and oxygen atoms in total. The highest BCUT2D eigenvalue weighted by Crippen LogP contribution is 2.30. The molecule has 0 aliphatic rings. The normalized spacial score (nSPS) is 12.4. The Balaban J connectivity index is 2.31. The summed E-state index contributed by atoms with van der Waals surface area (Å²) in [6, 6.07) is 2.98. The number of carboxylic acid groups (broad SMARTS) is 1. The van der Waals surface area contributed by atoms with Crippen molar-refractivity contribution in [2.45, 2.75) is 46.3 Å². The van der Waals surface area contributed by atoms with Crippen LogP contribution in [0.5, 0.6) is 5.75 Å². The summed E-state index contributed by atoms with van der Waals surface area (Å²) >= 11 is 0. The zero-order valence-electron chi connectivity index (χ0n) is 15.5. The fourth-order valence-corrected chi connectivity index (χ4v) is 3.19. The molecular weight excluding hydrogens is 320 g/mol. The molecule has 2 aromatic rings. The fraction of sp³-hybridized carbons (Fsp3) is 0.500. The van der Waals surface area contributed by atoms with Crippen molar-refractivity contribution in [1.82, 2.24) is 19.7 Å². The van der Waals surface area contributed by atoms with Crippen LogP contribution in [-0.2, 0) is 17.9 Å². The number of hydrogen-bond acceptors (Lipinski definition) is 5. The minimum absolute atomic E-state index is 0.404. The number of nitrogens with zero attached hydrogens (tertiary/aromatic N) is 4. The Bertz CT molecular complexity index is 719. The Morgan fingerprint density at radius 2 is 2.00 bits per heavy atom. The molecule has 1 heterocycles. The van der Waals surface area contributed by atoms with Crippen LogP contribution >= 0.6 is 0 Å². The lowest BCUT2D eigenvalue weighted by atomic mass is 9.99. The number of rotatable bonds is 8. The van der Waals surface area contributed by atoms with Crippen LogP contribution in [0.4, 0.5) is 0 Å². The maximum atomic E-state index is 11.9. The van der Waals surface area contributed by atoms with Crippen LogP contribution in [0.15, 0.2) is 18.5 Å². The molecule has 0 amide bonds. The fourth-order valence-electron chi connectivity index (χ4n) is 3.19. The summed E-state index contributed by atoms with van der Waals surface area (Å²) in [4.78, 5) is 13.7. The predicted molar refractivity (Wildman–Crippen MR) is 94.6 cm³/mol. The number of benzene rings is 1. The second-order valence-electron chi connectivity index (χ2n) is 6.28. The van der Waals surface area contributed by atoms with Crippen LogP contribution in [0.2, 0.25) is 0 Å². The van der Waals surface area contributed by atoms with Crippen LogP contribution in [0, 0.1) is 13.8 Å². The molecular formula is C18H26N4O3. The van der Waals surface area contributed by atoms with Crippen LogP contribution < -0.4 is 4.74 Å². The molecule has 0 fully saturated rings. The van der Waals surface area contributed by atoms with Crippen molar-refractivity contribution < 1.29 is 14.6 Å². The second-order valence-corrected chi connectivity index (χ2v) is 6.28. The summed E-state index contributed by atoms with van der Waals surface area (Å²) in [5.41, 5.74) is 2.57. The lowest BCUT2D eigenvalue weighted by Crippen LogP contribution is -2.31. The Labute approximate surface area is 148 Å². The Hall–Kier alpha value is -2.41. The zero-order valence-corrected chi connectivity index (χ0v) is 15.5. The van der Waals surface area contributed by atoms with Gasteiger partial charge in [0.15, 0.2) is 0 Å². The van der Waals surface area contributed by atoms with Crippen molar-refractivity contribution >= 4 is 5.97 Å². The van der Waals surface area contributed by atoms with Crippen LogP contribution in [0.25, 0.3) is 0 Å². The van der Waals surface area contributed by atoms with Crippen molar-refractivity contribution in [2.75, 3.05) is 14.2 Å². The number of ether oxygens (including phenoxy) is 1. The van der Waals surface area contributed by atoms with Gasteiger partial charge in [-0.3, -0.25) is 9.69 Å². The highest BCUT2D eigenvalue weighted by molar-refractivity contribution is 5.76. The molecule has 0 aliphatic heterocycles. The predicted octanol–water partition coefficient (Wildman–Crippen LogP) is 2.57. The van der Waals surface area contributed by atoms with Crippen LogP contribution in [0.3, 0.4) is 0 Å². The number of methoxy groups -OCH3 is 1. The van der Waals surface area contributed by atoms with Crippen molar-refractivity contribution in [3.63, 3.8) is 0 Å². The lowest BCUT2D eigenvalue weighted by molar-refractivity contribution is -0.143. The second kappa shape index (κ2) is 8.11. The topological polar surface area (TPSA) is 80.5 Å². The number of aryl methyl sites for hydroxylation is 3. The van der Waals surface area contributed by atoms with E-state index in [4.69, 9.17) is 4.74 Å². The number of aromatic nitrogens is 3. The van der Waals surface area contributed by atoms with Gasteiger partial charge in [0.25, 0.3) is 0 Å². The number of likely N-dealkylation sites (N-methyl/N-ethyl adjacent to an activating group) is 1. The van der Waals surface area contributed by atoms with Gasteiger partial charge in [-0.2, -0.15) is 0 Å². The number of carbonyl (C=O) groups is 1. The smallest absolute Gasteiger partial charge is 0.325 e. The highest BCUT2D eigenvalue weighted by atomic mass is 16.5. The van der Waals surface area contributed by atoms with E-state index in [9.17, 15) is 9.90 Å². The molecule has 1 aromatic carbocycles. The van der Waals surface area contributed by atoms with Crippen molar-refractivity contribution in [3.8, 4) is 5.75 Å². The van der Waals surface area contributed by atoms with Gasteiger partial charge in [0.1, 0.15) is 23.9 Å². The van der Waals surface area contributed by atoms with Crippen molar-refractivity contribution in [2.24, 2.45) is 0 Å². The molecule has 136 valence electrons. The molecule has 7 heteroatoms. The standard InChI is InChI=1S/C18H26N4O3/c1-6-7-22-11-19-20-15(22)10-21(4)16(18(23)24)14-8-12(2)17(25-5)13(3)9-14/h8-9,11,16H,6-7,10H2,1-5H3,(H,23,24). The minimum atomic E-state index is -0.895. The van der Waals surface area contributed by atoms with Gasteiger partial charge in [0, 0.05) is 6.54 Å². The highest BCUT2D eigenvalue weighted by Gasteiger charge is 2.27. The molecule has 1 unspecified atom stereocenters. The summed E-state index contributed by atoms with van der Waals surface area (Å²) in [6.07, 6.45) is 2.65. The summed E-state index contributed by atoms with van der Waals surface area (Å²) in [5.74, 6) is 0.656. The van der Waals surface area contributed by atoms with Gasteiger partial charge in [0.2, 0.25) is 0 Å². The van der Waals surface area contributed by atoms with E-state index in [0.717, 1.165) is 41.2 Å². The van der Waals surface area contributed by atoms with E-state index in [1.54, 1.807) is 25.4 Å². The van der Waals surface area contributed by atoms with Gasteiger partial charge >= 0.3 is 5.97 Å². The van der Waals surface area contributed by atoms with E-state index < -0.39 is 12.0 Å². The molecule has 0 saturated carbocycles. The van der Waals surface area contributed by atoms with Gasteiger partial charge in [-0.05, 0) is 44.0 Å². The van der Waals surface area contributed by atoms with E-state index in [1.165, 1.54) is 0 Å². The molecule has 0 radical (unpaired) electrons. The maximum absolute atomic E-state index is 11.9. The Morgan fingerprint density at radius 1 is 1.36 bits per heavy atom. The monoisotopic (exact) mass is 346 g/mol. The van der Waals surface area contributed by atoms with E-state index in [1.807, 2.05) is 30.5 Å². The quantitative estimate of drug-likeness (QED) is 0.791. The first-order valence-corrected chi connectivity index (χ1v) is 8.33. The molecule has 0 spiro atoms. The first-order chi connectivity index (χ1) is 11.9. The largest absolute Gasteiger partial charge is 0.496 e. The minimum Gasteiger partial charge on any atom is -0.496 e. The molecule has 25 heavy (non-hydrogen) atoms. The molecule has 1 aromatic heterocycles. The number of aliphatic carboxylic acids is 1. The van der Waals surface area contributed by atoms with Crippen molar-refractivity contribution in [3.05, 3.63) is 41.0 Å². The number of hydrogen-bond donors (Lipinski definition) is 1. The molecule has 0 aliphatic carbocycles. The maximum Gasteiger partial charge on any atom is 0.325 e. The Kier molecular flexibility index (Phi) is 6.14. The first kappa shape index (κ1) is 18.9. The van der Waals surface area contributed by atoms with Gasteiger partial charge in [-0.15, -0.1) is 10.2 Å². The van der Waals surface area contributed by atoms with E-state index in [0.29, 0.717) is 6.54 Å². The van der Waals surface area contributed by atoms with E-state index in [-0.39, 0.29) is 0 Å². The third kappa shape index (κ3) is 4.17. The Morgan fingerprint density at radius 3 is 2.52 bits per heavy atom. The molecule has 1 N–H and O–H groups in total. The SMILES string of the molecule is CCCn1cnnc1CN(C)C(C(=O)O)c1cc(C)c(OC)c(C)c1. The third-order valence-corrected chi connectivity index (χ3v) is 4.23. The van der Waals surface area contributed by atoms with Crippen LogP contribution in [0.1, 0.15) is 41.9 Å². The van der Waals surface area contributed by atoms with Gasteiger partial charge in [0.05, 0.1) is 13.7 Å². The summed E-state index contributed by atoms with van der Waals surface area (Å²) in [7, 11) is 3.41. The van der Waals surface area contributed by atoms with Gasteiger partial charge in [-0.1, -0.05) is 19.1 Å². The lowest BCUT2D eigenvalue weighted by Gasteiger charge is -2.26. The van der Waals surface area contributed by atoms with Gasteiger partial charge < -0.3 is 14.4 Å². The average molecular weight is 346 g/mol. The number of carboxylic acids is 1. The van der Waals surface area contributed by atoms with E-state index in [2.05, 4.69) is 17.1 Å². The summed E-state index contributed by atoms with van der Waals surface area (Å²) < 4.78 is 7.33. The molecule has 0 bridgehead atoms. The average Bonchev–Trinajstić information content (AvgIpc) is 2.94. The van der Waals surface area contributed by atoms with Crippen molar-refractivity contribution in [1.29, 1.82) is 0 Å². The molecule has 0 saturated heterocycles.